The van der Waals surface area contributed by atoms with E-state index in [0.29, 0.717) is 12.6 Å². The van der Waals surface area contributed by atoms with Gasteiger partial charge in [-0.2, -0.15) is 0 Å². The predicted octanol–water partition coefficient (Wildman–Crippen LogP) is 0.439. The van der Waals surface area contributed by atoms with Crippen molar-refractivity contribution in [3.8, 4) is 0 Å². The molecule has 4 atom stereocenters. The molecule has 4 nitrogen and oxygen atoms in total. The zero-order chi connectivity index (χ0) is 10.1. The van der Waals surface area contributed by atoms with Gasteiger partial charge in [-0.1, -0.05) is 0 Å². The van der Waals surface area contributed by atoms with Crippen molar-refractivity contribution in [3.63, 3.8) is 0 Å². The van der Waals surface area contributed by atoms with Crippen LogP contribution in [0.1, 0.15) is 26.2 Å². The normalized spacial score (nSPS) is 34.7. The number of hydrogen-bond acceptors (Lipinski definition) is 3. The van der Waals surface area contributed by atoms with Gasteiger partial charge in [0.2, 0.25) is 5.91 Å². The smallest absolute Gasteiger partial charge is 0.226 e. The third kappa shape index (κ3) is 2.62. The molecule has 0 radical (unpaired) electrons. The summed E-state index contributed by atoms with van der Waals surface area (Å²) in [7, 11) is 0. The van der Waals surface area contributed by atoms with Gasteiger partial charge in [-0.05, 0) is 26.2 Å². The van der Waals surface area contributed by atoms with E-state index in [1.54, 1.807) is 0 Å². The molecule has 3 N–H and O–H groups in total. The van der Waals surface area contributed by atoms with E-state index in [-0.39, 0.29) is 36.4 Å². The third-order valence-electron chi connectivity index (χ3n) is 3.18. The molecule has 15 heavy (non-hydrogen) atoms. The summed E-state index contributed by atoms with van der Waals surface area (Å²) in [6.45, 7) is 2.42. The summed E-state index contributed by atoms with van der Waals surface area (Å²) in [4.78, 5) is 11.8. The lowest BCUT2D eigenvalue weighted by molar-refractivity contribution is -0.127. The van der Waals surface area contributed by atoms with E-state index < -0.39 is 0 Å². The van der Waals surface area contributed by atoms with E-state index in [0.717, 1.165) is 19.3 Å². The lowest BCUT2D eigenvalue weighted by Gasteiger charge is -2.20. The molecule has 2 rings (SSSR count). The molecular formula is C10H19ClN2O2. The maximum atomic E-state index is 11.8. The summed E-state index contributed by atoms with van der Waals surface area (Å²) in [5.74, 6) is 0.193. The summed E-state index contributed by atoms with van der Waals surface area (Å²) < 4.78 is 5.63. The summed E-state index contributed by atoms with van der Waals surface area (Å²) in [5.41, 5.74) is 5.45. The number of ether oxygens (including phenoxy) is 1. The molecular weight excluding hydrogens is 216 g/mol. The van der Waals surface area contributed by atoms with E-state index in [9.17, 15) is 4.79 Å². The molecule has 2 heterocycles. The minimum atomic E-state index is 0. The van der Waals surface area contributed by atoms with Crippen molar-refractivity contribution in [2.45, 2.75) is 44.4 Å². The molecule has 0 aromatic rings. The zero-order valence-electron chi connectivity index (χ0n) is 8.94. The molecule has 2 aliphatic heterocycles. The zero-order valence-corrected chi connectivity index (χ0v) is 9.76. The Labute approximate surface area is 96.3 Å². The number of carbonyl (C=O) groups excluding carboxylic acids is 1. The Balaban J connectivity index is 0.00000112. The van der Waals surface area contributed by atoms with Gasteiger partial charge in [0.05, 0.1) is 18.1 Å². The predicted molar refractivity (Wildman–Crippen MR) is 59.9 cm³/mol. The van der Waals surface area contributed by atoms with E-state index >= 15 is 0 Å². The van der Waals surface area contributed by atoms with E-state index in [1.807, 2.05) is 6.92 Å². The van der Waals surface area contributed by atoms with Gasteiger partial charge in [-0.3, -0.25) is 4.79 Å². The van der Waals surface area contributed by atoms with Crippen LogP contribution >= 0.6 is 12.4 Å². The molecule has 2 bridgehead atoms. The number of halogens is 1. The van der Waals surface area contributed by atoms with Gasteiger partial charge in [-0.25, -0.2) is 0 Å². The number of hydrogen-bond donors (Lipinski definition) is 2. The lowest BCUT2D eigenvalue weighted by Crippen LogP contribution is -2.43. The molecule has 0 spiro atoms. The number of carbonyl (C=O) groups is 1. The van der Waals surface area contributed by atoms with Gasteiger partial charge in [0.15, 0.2) is 0 Å². The minimum absolute atomic E-state index is 0. The molecule has 0 aromatic carbocycles. The highest BCUT2D eigenvalue weighted by Crippen LogP contribution is 2.38. The van der Waals surface area contributed by atoms with E-state index in [1.165, 1.54) is 0 Å². The van der Waals surface area contributed by atoms with Gasteiger partial charge < -0.3 is 15.8 Å². The molecule has 0 aromatic heterocycles. The van der Waals surface area contributed by atoms with Crippen LogP contribution in [-0.2, 0) is 9.53 Å². The molecule has 0 saturated carbocycles. The highest BCUT2D eigenvalue weighted by molar-refractivity contribution is 5.85. The van der Waals surface area contributed by atoms with Gasteiger partial charge in [0, 0.05) is 12.6 Å². The van der Waals surface area contributed by atoms with Crippen LogP contribution in [0.15, 0.2) is 0 Å². The van der Waals surface area contributed by atoms with Crippen molar-refractivity contribution in [2.24, 2.45) is 11.7 Å². The summed E-state index contributed by atoms with van der Waals surface area (Å²) in [5, 5.41) is 2.91. The summed E-state index contributed by atoms with van der Waals surface area (Å²) in [6.07, 6.45) is 3.57. The van der Waals surface area contributed by atoms with Crippen LogP contribution in [0.25, 0.3) is 0 Å². The Morgan fingerprint density at radius 2 is 2.33 bits per heavy atom. The van der Waals surface area contributed by atoms with Crippen molar-refractivity contribution in [1.29, 1.82) is 0 Å². The van der Waals surface area contributed by atoms with Crippen molar-refractivity contribution < 1.29 is 9.53 Å². The molecule has 2 saturated heterocycles. The third-order valence-corrected chi connectivity index (χ3v) is 3.18. The van der Waals surface area contributed by atoms with Crippen LogP contribution in [0.2, 0.25) is 0 Å². The number of nitrogens with two attached hydrogens (primary N) is 1. The first-order valence-electron chi connectivity index (χ1n) is 5.36. The number of nitrogens with one attached hydrogen (secondary N) is 1. The van der Waals surface area contributed by atoms with Crippen molar-refractivity contribution in [1.82, 2.24) is 5.32 Å². The average Bonchev–Trinajstić information content (AvgIpc) is 2.78. The van der Waals surface area contributed by atoms with Gasteiger partial charge in [-0.15, -0.1) is 12.4 Å². The Kier molecular flexibility index (Phi) is 4.37. The standard InChI is InChI=1S/C10H18N2O2.ClH/c1-6(5-11)12-10(13)8-4-7-2-3-9(8)14-7;/h6-9H,2-5,11H2,1H3,(H,12,13);1H/t6-,7?,8?,9?;/m0./s1. The fourth-order valence-electron chi connectivity index (χ4n) is 2.32. The molecule has 5 heteroatoms. The molecule has 2 fully saturated rings. The monoisotopic (exact) mass is 234 g/mol. The number of amides is 1. The van der Waals surface area contributed by atoms with Crippen molar-refractivity contribution in [2.75, 3.05) is 6.54 Å². The number of fused-ring (bicyclic) bond motifs is 2. The second-order valence-corrected chi connectivity index (χ2v) is 4.36. The molecule has 2 aliphatic rings. The largest absolute Gasteiger partial charge is 0.374 e. The first-order chi connectivity index (χ1) is 6.70. The molecule has 0 aliphatic carbocycles. The highest BCUT2D eigenvalue weighted by Gasteiger charge is 2.44. The summed E-state index contributed by atoms with van der Waals surface area (Å²) >= 11 is 0. The van der Waals surface area contributed by atoms with Crippen LogP contribution in [-0.4, -0.2) is 30.7 Å². The quantitative estimate of drug-likeness (QED) is 0.745. The maximum Gasteiger partial charge on any atom is 0.226 e. The highest BCUT2D eigenvalue weighted by atomic mass is 35.5. The Hall–Kier alpha value is -0.320. The van der Waals surface area contributed by atoms with Crippen LogP contribution < -0.4 is 11.1 Å². The van der Waals surface area contributed by atoms with Crippen LogP contribution in [0.4, 0.5) is 0 Å². The Morgan fingerprint density at radius 1 is 1.60 bits per heavy atom. The van der Waals surface area contributed by atoms with Crippen LogP contribution in [0, 0.1) is 5.92 Å². The fourth-order valence-corrected chi connectivity index (χ4v) is 2.32. The van der Waals surface area contributed by atoms with Gasteiger partial charge >= 0.3 is 0 Å². The molecule has 88 valence electrons. The van der Waals surface area contributed by atoms with E-state index in [2.05, 4.69) is 5.32 Å². The first kappa shape index (κ1) is 12.7. The Morgan fingerprint density at radius 3 is 2.80 bits per heavy atom. The second kappa shape index (κ2) is 5.14. The maximum absolute atomic E-state index is 11.8. The molecule has 1 amide bonds. The Bertz CT molecular complexity index is 237. The van der Waals surface area contributed by atoms with E-state index in [4.69, 9.17) is 10.5 Å². The fraction of sp³-hybridized carbons (Fsp3) is 0.900. The van der Waals surface area contributed by atoms with Crippen molar-refractivity contribution in [3.05, 3.63) is 0 Å². The number of rotatable bonds is 3. The second-order valence-electron chi connectivity index (χ2n) is 4.36. The summed E-state index contributed by atoms with van der Waals surface area (Å²) in [6, 6.07) is 0.0710. The lowest BCUT2D eigenvalue weighted by atomic mass is 9.88. The first-order valence-corrected chi connectivity index (χ1v) is 5.36. The van der Waals surface area contributed by atoms with Gasteiger partial charge in [0.1, 0.15) is 0 Å². The van der Waals surface area contributed by atoms with Crippen LogP contribution in [0.3, 0.4) is 0 Å². The average molecular weight is 235 g/mol. The topological polar surface area (TPSA) is 64.3 Å². The van der Waals surface area contributed by atoms with Crippen LogP contribution in [0.5, 0.6) is 0 Å². The van der Waals surface area contributed by atoms with Crippen molar-refractivity contribution >= 4 is 18.3 Å². The van der Waals surface area contributed by atoms with Gasteiger partial charge in [0.25, 0.3) is 0 Å². The minimum Gasteiger partial charge on any atom is -0.374 e. The molecule has 3 unspecified atom stereocenters. The SMILES string of the molecule is C[C@@H](CN)NC(=O)C1CC2CCC1O2.Cl.